The lowest BCUT2D eigenvalue weighted by Crippen LogP contribution is -2.58. The fourth-order valence-electron chi connectivity index (χ4n) is 6.04. The Bertz CT molecular complexity index is 742. The molecule has 1 amide bonds. The summed E-state index contributed by atoms with van der Waals surface area (Å²) in [5, 5.41) is 13.6. The molecule has 4 aliphatic rings. The van der Waals surface area contributed by atoms with Crippen LogP contribution in [0.15, 0.2) is 24.3 Å². The molecule has 0 radical (unpaired) electrons. The first-order valence-corrected chi connectivity index (χ1v) is 10.1. The van der Waals surface area contributed by atoms with Gasteiger partial charge in [0.1, 0.15) is 0 Å². The average molecular weight is 371 g/mol. The molecule has 5 nitrogen and oxygen atoms in total. The Hall–Kier alpha value is -1.88. The van der Waals surface area contributed by atoms with E-state index >= 15 is 0 Å². The van der Waals surface area contributed by atoms with E-state index in [0.29, 0.717) is 18.3 Å². The highest BCUT2D eigenvalue weighted by Crippen LogP contribution is 2.61. The smallest absolute Gasteiger partial charge is 0.312 e. The Morgan fingerprint density at radius 2 is 1.85 bits per heavy atom. The molecule has 4 saturated carbocycles. The number of rotatable bonds is 5. The molecule has 4 bridgehead atoms. The number of esters is 1. The maximum Gasteiger partial charge on any atom is 0.312 e. The second-order valence-electron chi connectivity index (χ2n) is 9.33. The van der Waals surface area contributed by atoms with E-state index < -0.39 is 11.0 Å². The largest absolute Gasteiger partial charge is 0.455 e. The molecule has 0 spiro atoms. The van der Waals surface area contributed by atoms with Gasteiger partial charge in [-0.3, -0.25) is 9.59 Å². The van der Waals surface area contributed by atoms with Gasteiger partial charge >= 0.3 is 5.97 Å². The van der Waals surface area contributed by atoms with Crippen molar-refractivity contribution in [2.75, 3.05) is 11.9 Å². The second kappa shape index (κ2) is 6.62. The number of anilines is 1. The number of amides is 1. The van der Waals surface area contributed by atoms with Crippen LogP contribution < -0.4 is 5.32 Å². The van der Waals surface area contributed by atoms with Crippen molar-refractivity contribution in [2.24, 2.45) is 17.3 Å². The lowest BCUT2D eigenvalue weighted by atomic mass is 9.48. The van der Waals surface area contributed by atoms with Gasteiger partial charge in [0, 0.05) is 5.69 Å². The average Bonchev–Trinajstić information content (AvgIpc) is 2.57. The highest BCUT2D eigenvalue weighted by molar-refractivity contribution is 5.94. The van der Waals surface area contributed by atoms with Crippen molar-refractivity contribution in [2.45, 2.75) is 63.9 Å². The van der Waals surface area contributed by atoms with E-state index in [0.717, 1.165) is 43.4 Å². The number of para-hydroxylation sites is 1. The van der Waals surface area contributed by atoms with Crippen LogP contribution in [0.5, 0.6) is 0 Å². The zero-order valence-corrected chi connectivity index (χ0v) is 16.2. The second-order valence-corrected chi connectivity index (χ2v) is 9.33. The van der Waals surface area contributed by atoms with E-state index in [4.69, 9.17) is 4.74 Å². The normalized spacial score (nSPS) is 33.9. The zero-order valence-electron chi connectivity index (χ0n) is 16.2. The van der Waals surface area contributed by atoms with Crippen LogP contribution in [-0.4, -0.2) is 29.2 Å². The van der Waals surface area contributed by atoms with E-state index in [2.05, 4.69) is 19.2 Å². The number of nitrogens with one attached hydrogen (secondary N) is 1. The van der Waals surface area contributed by atoms with Crippen LogP contribution in [0.1, 0.15) is 63.9 Å². The summed E-state index contributed by atoms with van der Waals surface area (Å²) in [5.41, 5.74) is 0.523. The summed E-state index contributed by atoms with van der Waals surface area (Å²) in [6.07, 6.45) is 4.81. The maximum atomic E-state index is 12.9. The van der Waals surface area contributed by atoms with Crippen molar-refractivity contribution in [1.29, 1.82) is 0 Å². The lowest BCUT2D eigenvalue weighted by Gasteiger charge is -2.58. The van der Waals surface area contributed by atoms with Crippen LogP contribution >= 0.6 is 0 Å². The van der Waals surface area contributed by atoms with Gasteiger partial charge in [-0.25, -0.2) is 0 Å². The number of carbonyl (C=O) groups excluding carboxylic acids is 2. The number of benzene rings is 1. The molecule has 2 unspecified atom stereocenters. The van der Waals surface area contributed by atoms with Crippen molar-refractivity contribution < 1.29 is 19.4 Å². The summed E-state index contributed by atoms with van der Waals surface area (Å²) in [6, 6.07) is 7.68. The minimum atomic E-state index is -0.707. The predicted molar refractivity (Wildman–Crippen MR) is 102 cm³/mol. The van der Waals surface area contributed by atoms with Crippen molar-refractivity contribution in [1.82, 2.24) is 0 Å². The van der Waals surface area contributed by atoms with Gasteiger partial charge in [0.2, 0.25) is 0 Å². The first-order chi connectivity index (χ1) is 12.8. The summed E-state index contributed by atoms with van der Waals surface area (Å²) in [7, 11) is 0. The van der Waals surface area contributed by atoms with E-state index in [1.54, 1.807) is 0 Å². The molecular weight excluding hydrogens is 342 g/mol. The monoisotopic (exact) mass is 371 g/mol. The number of ether oxygens (including phenoxy) is 1. The van der Waals surface area contributed by atoms with Gasteiger partial charge in [-0.15, -0.1) is 0 Å². The molecular formula is C22H29NO4. The van der Waals surface area contributed by atoms with Crippen molar-refractivity contribution in [3.05, 3.63) is 29.8 Å². The van der Waals surface area contributed by atoms with Crippen molar-refractivity contribution in [3.63, 3.8) is 0 Å². The molecule has 4 fully saturated rings. The predicted octanol–water partition coefficient (Wildman–Crippen LogP) is 3.62. The summed E-state index contributed by atoms with van der Waals surface area (Å²) in [6.45, 7) is 3.87. The molecule has 0 aromatic heterocycles. The number of carbonyl (C=O) groups is 2. The fourth-order valence-corrected chi connectivity index (χ4v) is 6.04. The van der Waals surface area contributed by atoms with Crippen LogP contribution in [0.4, 0.5) is 5.69 Å². The third-order valence-electron chi connectivity index (χ3n) is 6.65. The minimum absolute atomic E-state index is 0.277. The van der Waals surface area contributed by atoms with Gasteiger partial charge in [-0.1, -0.05) is 32.0 Å². The molecule has 2 N–H and O–H groups in total. The highest BCUT2D eigenvalue weighted by Gasteiger charge is 2.60. The van der Waals surface area contributed by atoms with Gasteiger partial charge in [-0.2, -0.15) is 0 Å². The highest BCUT2D eigenvalue weighted by atomic mass is 16.5. The molecule has 4 aliphatic carbocycles. The summed E-state index contributed by atoms with van der Waals surface area (Å²) in [4.78, 5) is 25.2. The quantitative estimate of drug-likeness (QED) is 0.775. The number of hydrogen-bond donors (Lipinski definition) is 2. The number of aliphatic hydroxyl groups is 1. The Kier molecular flexibility index (Phi) is 4.53. The summed E-state index contributed by atoms with van der Waals surface area (Å²) in [5.74, 6) is 0.491. The topological polar surface area (TPSA) is 75.6 Å². The van der Waals surface area contributed by atoms with Gasteiger partial charge in [0.05, 0.1) is 11.0 Å². The summed E-state index contributed by atoms with van der Waals surface area (Å²) < 4.78 is 5.44. The van der Waals surface area contributed by atoms with Crippen LogP contribution in [0, 0.1) is 17.3 Å². The van der Waals surface area contributed by atoms with Crippen molar-refractivity contribution in [3.8, 4) is 0 Å². The molecule has 1 aromatic carbocycles. The minimum Gasteiger partial charge on any atom is -0.455 e. The molecule has 4 atom stereocenters. The van der Waals surface area contributed by atoms with Crippen molar-refractivity contribution >= 4 is 17.6 Å². The first-order valence-electron chi connectivity index (χ1n) is 10.1. The van der Waals surface area contributed by atoms with E-state index in [-0.39, 0.29) is 24.4 Å². The Morgan fingerprint density at radius 3 is 2.48 bits per heavy atom. The van der Waals surface area contributed by atoms with Crippen LogP contribution in [-0.2, 0) is 14.3 Å². The molecule has 1 aromatic rings. The number of hydrogen-bond acceptors (Lipinski definition) is 4. The zero-order chi connectivity index (χ0) is 19.2. The summed E-state index contributed by atoms with van der Waals surface area (Å²) >= 11 is 0. The van der Waals surface area contributed by atoms with Gasteiger partial charge in [0.15, 0.2) is 6.61 Å². The van der Waals surface area contributed by atoms with Gasteiger partial charge < -0.3 is 15.2 Å². The maximum absolute atomic E-state index is 12.9. The molecule has 5 rings (SSSR count). The Morgan fingerprint density at radius 1 is 1.19 bits per heavy atom. The Labute approximate surface area is 160 Å². The third kappa shape index (κ3) is 3.49. The SMILES string of the molecule is CC(C)c1ccccc1NC(=O)COC(=O)C12C[C@@H]3C[C@@H](CC(O)(C3)C1)C2. The molecule has 0 aliphatic heterocycles. The molecule has 146 valence electrons. The van der Waals surface area contributed by atoms with E-state index in [1.165, 1.54) is 0 Å². The van der Waals surface area contributed by atoms with Gasteiger partial charge in [-0.05, 0) is 67.9 Å². The lowest BCUT2D eigenvalue weighted by molar-refractivity contribution is -0.196. The van der Waals surface area contributed by atoms with Crippen LogP contribution in [0.3, 0.4) is 0 Å². The van der Waals surface area contributed by atoms with E-state index in [1.807, 2.05) is 24.3 Å². The third-order valence-corrected chi connectivity index (χ3v) is 6.65. The van der Waals surface area contributed by atoms with Gasteiger partial charge in [0.25, 0.3) is 5.91 Å². The molecule has 5 heteroatoms. The van der Waals surface area contributed by atoms with Crippen LogP contribution in [0.25, 0.3) is 0 Å². The fraction of sp³-hybridized carbons (Fsp3) is 0.636. The van der Waals surface area contributed by atoms with Crippen LogP contribution in [0.2, 0.25) is 0 Å². The molecule has 0 saturated heterocycles. The Balaban J connectivity index is 1.38. The van der Waals surface area contributed by atoms with E-state index in [9.17, 15) is 14.7 Å². The first kappa shape index (κ1) is 18.5. The molecule has 27 heavy (non-hydrogen) atoms. The standard InChI is InChI=1S/C22H29NO4/c1-14(2)17-5-3-4-6-18(17)23-19(24)12-27-20(25)21-8-15-7-16(9-21)11-22(26,10-15)13-21/h3-6,14-16,26H,7-13H2,1-2H3,(H,23,24)/t15-,16+,21?,22?. The molecule has 0 heterocycles.